The van der Waals surface area contributed by atoms with Crippen LogP contribution in [0.15, 0.2) is 33.6 Å². The van der Waals surface area contributed by atoms with Gasteiger partial charge in [0.25, 0.3) is 0 Å². The van der Waals surface area contributed by atoms with Crippen molar-refractivity contribution >= 4 is 39.5 Å². The Morgan fingerprint density at radius 3 is 2.50 bits per heavy atom. The number of benzene rings is 1. The fraction of sp³-hybridized carbons (Fsp3) is 0.429. The predicted octanol–water partition coefficient (Wildman–Crippen LogP) is 2.28. The minimum atomic E-state index is -0.106. The average molecular weight is 357 g/mol. The molecule has 1 heterocycles. The molecule has 0 saturated carbocycles. The van der Waals surface area contributed by atoms with Crippen LogP contribution in [0.1, 0.15) is 12.8 Å². The summed E-state index contributed by atoms with van der Waals surface area (Å²) in [6.45, 7) is 1.75. The summed E-state index contributed by atoms with van der Waals surface area (Å²) in [5, 5.41) is 2.68. The number of hydrogen-bond acceptors (Lipinski definition) is 3. The molecular weight excluding hydrogens is 340 g/mol. The van der Waals surface area contributed by atoms with E-state index in [1.54, 1.807) is 0 Å². The molecule has 6 heteroatoms. The molecule has 108 valence electrons. The lowest BCUT2D eigenvalue weighted by molar-refractivity contribution is -0.131. The molecule has 1 aromatic carbocycles. The molecule has 0 aromatic heterocycles. The topological polar surface area (TPSA) is 49.4 Å². The molecule has 4 nitrogen and oxygen atoms in total. The Hall–Kier alpha value is -1.01. The van der Waals surface area contributed by atoms with Gasteiger partial charge in [-0.3, -0.25) is 9.59 Å². The Morgan fingerprint density at radius 1 is 1.20 bits per heavy atom. The Morgan fingerprint density at radius 2 is 1.85 bits per heavy atom. The van der Waals surface area contributed by atoms with Crippen molar-refractivity contribution in [1.82, 2.24) is 10.2 Å². The fourth-order valence-corrected chi connectivity index (χ4v) is 2.98. The summed E-state index contributed by atoms with van der Waals surface area (Å²) >= 11 is 4.83. The summed E-state index contributed by atoms with van der Waals surface area (Å²) in [4.78, 5) is 26.3. The highest BCUT2D eigenvalue weighted by Gasteiger charge is 2.17. The van der Waals surface area contributed by atoms with Crippen LogP contribution >= 0.6 is 27.7 Å². The van der Waals surface area contributed by atoms with Gasteiger partial charge in [0.1, 0.15) is 0 Å². The molecule has 1 saturated heterocycles. The summed E-state index contributed by atoms with van der Waals surface area (Å²) in [5.41, 5.74) is 0. The summed E-state index contributed by atoms with van der Waals surface area (Å²) in [7, 11) is 0. The molecule has 1 aliphatic rings. The molecule has 0 radical (unpaired) electrons. The lowest BCUT2D eigenvalue weighted by atomic mass is 10.4. The van der Waals surface area contributed by atoms with E-state index in [4.69, 9.17) is 0 Å². The highest BCUT2D eigenvalue weighted by Crippen LogP contribution is 2.20. The van der Waals surface area contributed by atoms with Gasteiger partial charge in [0, 0.05) is 22.5 Å². The van der Waals surface area contributed by atoms with Gasteiger partial charge in [-0.25, -0.2) is 0 Å². The molecule has 2 amide bonds. The van der Waals surface area contributed by atoms with Crippen LogP contribution in [0.25, 0.3) is 0 Å². The number of carbonyl (C=O) groups excluding carboxylic acids is 2. The van der Waals surface area contributed by atoms with Gasteiger partial charge >= 0.3 is 0 Å². The van der Waals surface area contributed by atoms with E-state index in [9.17, 15) is 9.59 Å². The van der Waals surface area contributed by atoms with Gasteiger partial charge in [-0.15, -0.1) is 11.8 Å². The second-order valence-electron chi connectivity index (χ2n) is 4.61. The van der Waals surface area contributed by atoms with E-state index in [0.717, 1.165) is 35.3 Å². The molecule has 0 bridgehead atoms. The summed E-state index contributed by atoms with van der Waals surface area (Å²) in [6.07, 6.45) is 2.14. The van der Waals surface area contributed by atoms with Crippen LogP contribution in [0.3, 0.4) is 0 Å². The number of hydrogen-bond donors (Lipinski definition) is 1. The van der Waals surface area contributed by atoms with Gasteiger partial charge < -0.3 is 10.2 Å². The third-order valence-electron chi connectivity index (χ3n) is 3.08. The lowest BCUT2D eigenvalue weighted by Crippen LogP contribution is -2.39. The quantitative estimate of drug-likeness (QED) is 0.823. The van der Waals surface area contributed by atoms with Crippen molar-refractivity contribution in [3.05, 3.63) is 28.7 Å². The number of halogens is 1. The predicted molar refractivity (Wildman–Crippen MR) is 83.7 cm³/mol. The fourth-order valence-electron chi connectivity index (χ4n) is 1.98. The molecule has 0 aliphatic carbocycles. The number of likely N-dealkylation sites (tertiary alicyclic amines) is 1. The molecule has 1 fully saturated rings. The second-order valence-corrected chi connectivity index (χ2v) is 6.57. The van der Waals surface area contributed by atoms with Crippen LogP contribution in [-0.4, -0.2) is 42.1 Å². The smallest absolute Gasteiger partial charge is 0.241 e. The summed E-state index contributed by atoms with van der Waals surface area (Å²) < 4.78 is 1.02. The van der Waals surface area contributed by atoms with Crippen LogP contribution < -0.4 is 5.32 Å². The number of amides is 2. The molecule has 1 N–H and O–H groups in total. The lowest BCUT2D eigenvalue weighted by Gasteiger charge is -2.15. The van der Waals surface area contributed by atoms with Crippen LogP contribution in [0.2, 0.25) is 0 Å². The monoisotopic (exact) mass is 356 g/mol. The first kappa shape index (κ1) is 15.4. The van der Waals surface area contributed by atoms with Crippen molar-refractivity contribution in [3.63, 3.8) is 0 Å². The largest absolute Gasteiger partial charge is 0.346 e. The first-order valence-corrected chi connectivity index (χ1v) is 8.36. The maximum absolute atomic E-state index is 11.8. The molecular formula is C14H17BrN2O2S. The van der Waals surface area contributed by atoms with Gasteiger partial charge in [-0.2, -0.15) is 0 Å². The third kappa shape index (κ3) is 4.83. The number of thioether (sulfide) groups is 1. The maximum Gasteiger partial charge on any atom is 0.241 e. The first-order chi connectivity index (χ1) is 9.65. The standard InChI is InChI=1S/C14H17BrN2O2S/c15-11-3-5-12(6-4-11)20-10-13(18)16-9-14(19)17-7-1-2-8-17/h3-6H,1-2,7-10H2,(H,16,18). The molecule has 0 atom stereocenters. The molecule has 0 unspecified atom stereocenters. The van der Waals surface area contributed by atoms with Crippen molar-refractivity contribution in [2.75, 3.05) is 25.4 Å². The summed E-state index contributed by atoms with van der Waals surface area (Å²) in [5.74, 6) is 0.240. The zero-order valence-electron chi connectivity index (χ0n) is 11.1. The molecule has 20 heavy (non-hydrogen) atoms. The molecule has 2 rings (SSSR count). The van der Waals surface area contributed by atoms with Crippen molar-refractivity contribution in [2.24, 2.45) is 0 Å². The van der Waals surface area contributed by atoms with E-state index in [1.165, 1.54) is 11.8 Å². The first-order valence-electron chi connectivity index (χ1n) is 6.58. The highest BCUT2D eigenvalue weighted by molar-refractivity contribution is 9.10. The Balaban J connectivity index is 1.67. The van der Waals surface area contributed by atoms with Crippen LogP contribution in [0.5, 0.6) is 0 Å². The van der Waals surface area contributed by atoms with Gasteiger partial charge in [-0.05, 0) is 37.1 Å². The third-order valence-corrected chi connectivity index (χ3v) is 4.62. The van der Waals surface area contributed by atoms with Crippen molar-refractivity contribution in [3.8, 4) is 0 Å². The minimum Gasteiger partial charge on any atom is -0.346 e. The van der Waals surface area contributed by atoms with E-state index >= 15 is 0 Å². The SMILES string of the molecule is O=C(CSc1ccc(Br)cc1)NCC(=O)N1CCCC1. The van der Waals surface area contributed by atoms with Crippen LogP contribution in [0, 0.1) is 0 Å². The average Bonchev–Trinajstić information content (AvgIpc) is 2.98. The van der Waals surface area contributed by atoms with Gasteiger partial charge in [0.05, 0.1) is 12.3 Å². The maximum atomic E-state index is 11.8. The molecule has 1 aliphatic heterocycles. The zero-order valence-corrected chi connectivity index (χ0v) is 13.5. The van der Waals surface area contributed by atoms with Crippen LogP contribution in [0.4, 0.5) is 0 Å². The Kier molecular flexibility index (Phi) is 5.91. The van der Waals surface area contributed by atoms with Gasteiger partial charge in [-0.1, -0.05) is 15.9 Å². The molecule has 1 aromatic rings. The number of nitrogens with one attached hydrogen (secondary N) is 1. The van der Waals surface area contributed by atoms with Crippen molar-refractivity contribution in [1.29, 1.82) is 0 Å². The van der Waals surface area contributed by atoms with E-state index in [-0.39, 0.29) is 18.4 Å². The minimum absolute atomic E-state index is 0.0180. The normalized spacial score (nSPS) is 14.3. The number of nitrogens with zero attached hydrogens (tertiary/aromatic N) is 1. The highest BCUT2D eigenvalue weighted by atomic mass is 79.9. The van der Waals surface area contributed by atoms with E-state index < -0.39 is 0 Å². The Labute approximate surface area is 131 Å². The second kappa shape index (κ2) is 7.69. The van der Waals surface area contributed by atoms with E-state index in [1.807, 2.05) is 29.2 Å². The van der Waals surface area contributed by atoms with E-state index in [0.29, 0.717) is 5.75 Å². The van der Waals surface area contributed by atoms with E-state index in [2.05, 4.69) is 21.2 Å². The van der Waals surface area contributed by atoms with Crippen LogP contribution in [-0.2, 0) is 9.59 Å². The molecule has 0 spiro atoms. The van der Waals surface area contributed by atoms with Crippen molar-refractivity contribution in [2.45, 2.75) is 17.7 Å². The van der Waals surface area contributed by atoms with Gasteiger partial charge in [0.15, 0.2) is 0 Å². The number of rotatable bonds is 5. The zero-order chi connectivity index (χ0) is 14.4. The van der Waals surface area contributed by atoms with Crippen molar-refractivity contribution < 1.29 is 9.59 Å². The Bertz CT molecular complexity index is 473. The summed E-state index contributed by atoms with van der Waals surface area (Å²) in [6, 6.07) is 7.79. The van der Waals surface area contributed by atoms with Gasteiger partial charge in [0.2, 0.25) is 11.8 Å². The number of carbonyl (C=O) groups is 2.